The molecule has 0 unspecified atom stereocenters. The molecule has 5 heteroatoms. The molecule has 25 heavy (non-hydrogen) atoms. The molecule has 1 N–H and O–H groups in total. The Morgan fingerprint density at radius 1 is 1.08 bits per heavy atom. The van der Waals surface area contributed by atoms with Crippen molar-refractivity contribution in [3.8, 4) is 0 Å². The summed E-state index contributed by atoms with van der Waals surface area (Å²) in [6, 6.07) is 14.7. The second kappa shape index (κ2) is 7.06. The Labute approximate surface area is 153 Å². The van der Waals surface area contributed by atoms with E-state index in [4.69, 9.17) is 11.6 Å². The predicted octanol–water partition coefficient (Wildman–Crippen LogP) is 3.89. The fraction of sp³-hybridized carbons (Fsp3) is 0.350. The topological polar surface area (TPSA) is 35.2 Å². The van der Waals surface area contributed by atoms with Crippen molar-refractivity contribution in [2.24, 2.45) is 0 Å². The summed E-state index contributed by atoms with van der Waals surface area (Å²) >= 11 is 6.32. The van der Waals surface area contributed by atoms with Gasteiger partial charge in [0, 0.05) is 32.7 Å². The molecular weight excluding hydrogens is 332 g/mol. The fourth-order valence-corrected chi connectivity index (χ4v) is 3.80. The number of anilines is 1. The third kappa shape index (κ3) is 3.65. The number of hydrogen-bond acceptors (Lipinski definition) is 3. The van der Waals surface area contributed by atoms with Crippen LogP contribution in [-0.4, -0.2) is 47.6 Å². The second-order valence-corrected chi connectivity index (χ2v) is 7.11. The highest BCUT2D eigenvalue weighted by atomic mass is 35.5. The van der Waals surface area contributed by atoms with Crippen molar-refractivity contribution in [3.63, 3.8) is 0 Å². The van der Waals surface area contributed by atoms with Crippen molar-refractivity contribution in [2.75, 3.05) is 37.6 Å². The number of aromatic nitrogens is 2. The number of benzene rings is 2. The molecule has 1 saturated heterocycles. The van der Waals surface area contributed by atoms with Crippen LogP contribution in [0.15, 0.2) is 42.5 Å². The highest BCUT2D eigenvalue weighted by molar-refractivity contribution is 6.33. The van der Waals surface area contributed by atoms with Crippen molar-refractivity contribution in [1.82, 2.24) is 14.9 Å². The molecule has 0 atom stereocenters. The molecule has 2 aromatic carbocycles. The lowest BCUT2D eigenvalue weighted by Gasteiger charge is -2.36. The Kier molecular flexibility index (Phi) is 4.64. The second-order valence-electron chi connectivity index (χ2n) is 6.70. The number of imidazole rings is 1. The first-order chi connectivity index (χ1) is 12.2. The van der Waals surface area contributed by atoms with Crippen LogP contribution in [0.5, 0.6) is 0 Å². The van der Waals surface area contributed by atoms with Gasteiger partial charge in [0.15, 0.2) is 0 Å². The normalized spacial score (nSPS) is 15.8. The Balaban J connectivity index is 1.33. The molecule has 1 aliphatic heterocycles. The third-order valence-corrected chi connectivity index (χ3v) is 5.27. The van der Waals surface area contributed by atoms with E-state index in [9.17, 15) is 0 Å². The van der Waals surface area contributed by atoms with Crippen LogP contribution in [0.1, 0.15) is 11.4 Å². The summed E-state index contributed by atoms with van der Waals surface area (Å²) in [7, 11) is 0. The molecule has 0 saturated carbocycles. The monoisotopic (exact) mass is 354 g/mol. The molecule has 0 amide bonds. The van der Waals surface area contributed by atoms with Gasteiger partial charge in [-0.2, -0.15) is 0 Å². The minimum Gasteiger partial charge on any atom is -0.368 e. The Bertz CT molecular complexity index is 865. The van der Waals surface area contributed by atoms with Gasteiger partial charge in [0.2, 0.25) is 0 Å². The van der Waals surface area contributed by atoms with E-state index in [2.05, 4.69) is 50.1 Å². The highest BCUT2D eigenvalue weighted by Crippen LogP contribution is 2.26. The van der Waals surface area contributed by atoms with E-state index in [1.54, 1.807) is 0 Å². The van der Waals surface area contributed by atoms with Gasteiger partial charge in [-0.1, -0.05) is 29.8 Å². The minimum absolute atomic E-state index is 0.846. The van der Waals surface area contributed by atoms with Crippen LogP contribution in [0.3, 0.4) is 0 Å². The van der Waals surface area contributed by atoms with Crippen LogP contribution >= 0.6 is 11.6 Å². The van der Waals surface area contributed by atoms with E-state index < -0.39 is 0 Å². The fourth-order valence-electron chi connectivity index (χ4n) is 3.55. The maximum absolute atomic E-state index is 6.32. The summed E-state index contributed by atoms with van der Waals surface area (Å²) in [5.41, 5.74) is 4.71. The number of fused-ring (bicyclic) bond motifs is 1. The zero-order valence-corrected chi connectivity index (χ0v) is 15.3. The number of para-hydroxylation sites is 1. The molecular formula is C20H23ClN4. The molecule has 3 aromatic rings. The number of aromatic amines is 1. The first-order valence-electron chi connectivity index (χ1n) is 8.86. The van der Waals surface area contributed by atoms with Gasteiger partial charge in [0.25, 0.3) is 0 Å². The molecule has 0 aliphatic carbocycles. The van der Waals surface area contributed by atoms with Crippen LogP contribution in [0.4, 0.5) is 5.69 Å². The van der Waals surface area contributed by atoms with Crippen molar-refractivity contribution in [1.29, 1.82) is 0 Å². The highest BCUT2D eigenvalue weighted by Gasteiger charge is 2.18. The molecule has 2 heterocycles. The van der Waals surface area contributed by atoms with Gasteiger partial charge in [-0.25, -0.2) is 4.98 Å². The van der Waals surface area contributed by atoms with Gasteiger partial charge in [0.05, 0.1) is 21.7 Å². The quantitative estimate of drug-likeness (QED) is 0.772. The molecule has 0 radical (unpaired) electrons. The number of aryl methyl sites for hydroxylation is 1. The Hall–Kier alpha value is -2.04. The van der Waals surface area contributed by atoms with E-state index in [0.29, 0.717) is 0 Å². The maximum Gasteiger partial charge on any atom is 0.104 e. The number of hydrogen-bond donors (Lipinski definition) is 1. The van der Waals surface area contributed by atoms with Crippen molar-refractivity contribution in [2.45, 2.75) is 13.3 Å². The predicted molar refractivity (Wildman–Crippen MR) is 105 cm³/mol. The van der Waals surface area contributed by atoms with Crippen LogP contribution in [0, 0.1) is 6.92 Å². The minimum atomic E-state index is 0.846. The van der Waals surface area contributed by atoms with E-state index >= 15 is 0 Å². The van der Waals surface area contributed by atoms with Gasteiger partial charge >= 0.3 is 0 Å². The van der Waals surface area contributed by atoms with Crippen LogP contribution in [0.2, 0.25) is 5.02 Å². The van der Waals surface area contributed by atoms with Crippen LogP contribution < -0.4 is 4.90 Å². The summed E-state index contributed by atoms with van der Waals surface area (Å²) in [5.74, 6) is 0.975. The largest absolute Gasteiger partial charge is 0.368 e. The zero-order valence-electron chi connectivity index (χ0n) is 14.5. The van der Waals surface area contributed by atoms with Crippen molar-refractivity contribution >= 4 is 28.3 Å². The van der Waals surface area contributed by atoms with Crippen molar-refractivity contribution < 1.29 is 0 Å². The number of nitrogens with one attached hydrogen (secondary N) is 1. The van der Waals surface area contributed by atoms with Crippen LogP contribution in [-0.2, 0) is 6.42 Å². The lowest BCUT2D eigenvalue weighted by molar-refractivity contribution is 0.261. The number of halogens is 1. The summed E-state index contributed by atoms with van der Waals surface area (Å²) in [6.07, 6.45) is 1.07. The van der Waals surface area contributed by atoms with Gasteiger partial charge in [0.1, 0.15) is 5.82 Å². The first-order valence-corrected chi connectivity index (χ1v) is 9.24. The molecule has 0 bridgehead atoms. The lowest BCUT2D eigenvalue weighted by atomic mass is 10.1. The van der Waals surface area contributed by atoms with Gasteiger partial charge < -0.3 is 9.88 Å². The molecule has 1 fully saturated rings. The lowest BCUT2D eigenvalue weighted by Crippen LogP contribution is -2.47. The molecule has 1 aromatic heterocycles. The average Bonchev–Trinajstić information content (AvgIpc) is 3.00. The molecule has 4 rings (SSSR count). The van der Waals surface area contributed by atoms with Crippen LogP contribution in [0.25, 0.3) is 11.0 Å². The number of nitrogens with zero attached hydrogens (tertiary/aromatic N) is 3. The maximum atomic E-state index is 6.32. The molecule has 1 aliphatic rings. The summed E-state index contributed by atoms with van der Waals surface area (Å²) in [5, 5.41) is 0.846. The summed E-state index contributed by atoms with van der Waals surface area (Å²) in [6.45, 7) is 7.31. The van der Waals surface area contributed by atoms with Gasteiger partial charge in [-0.3, -0.25) is 4.90 Å². The molecule has 0 spiro atoms. The van der Waals surface area contributed by atoms with Gasteiger partial charge in [-0.05, 0) is 43.2 Å². The Morgan fingerprint density at radius 2 is 1.88 bits per heavy atom. The van der Waals surface area contributed by atoms with Crippen molar-refractivity contribution in [3.05, 3.63) is 58.9 Å². The smallest absolute Gasteiger partial charge is 0.104 e. The third-order valence-electron chi connectivity index (χ3n) is 4.95. The SMILES string of the molecule is Cc1nc2ccc(CCN3CCN(c4ccccc4Cl)CC3)cc2[nH]1. The van der Waals surface area contributed by atoms with E-state index in [1.807, 2.05) is 19.1 Å². The van der Waals surface area contributed by atoms with Gasteiger partial charge in [-0.15, -0.1) is 0 Å². The average molecular weight is 355 g/mol. The summed E-state index contributed by atoms with van der Waals surface area (Å²) in [4.78, 5) is 12.7. The van der Waals surface area contributed by atoms with E-state index in [1.165, 1.54) is 5.56 Å². The zero-order chi connectivity index (χ0) is 17.2. The van der Waals surface area contributed by atoms with E-state index in [0.717, 1.165) is 66.7 Å². The first kappa shape index (κ1) is 16.4. The summed E-state index contributed by atoms with van der Waals surface area (Å²) < 4.78 is 0. The van der Waals surface area contributed by atoms with E-state index in [-0.39, 0.29) is 0 Å². The number of H-pyrrole nitrogens is 1. The number of rotatable bonds is 4. The standard InChI is InChI=1S/C20H23ClN4/c1-15-22-18-7-6-16(14-19(18)23-15)8-9-24-10-12-25(13-11-24)20-5-3-2-4-17(20)21/h2-7,14H,8-13H2,1H3,(H,22,23). The number of piperazine rings is 1. The Morgan fingerprint density at radius 3 is 2.68 bits per heavy atom. The molecule has 130 valence electrons. The molecule has 4 nitrogen and oxygen atoms in total.